The maximum atomic E-state index is 12.3. The first-order chi connectivity index (χ1) is 15.3. The Bertz CT molecular complexity index is 910. The zero-order valence-electron chi connectivity index (χ0n) is 17.4. The number of aliphatic hydroxyl groups is 1. The summed E-state index contributed by atoms with van der Waals surface area (Å²) in [6.45, 7) is -0.131. The summed E-state index contributed by atoms with van der Waals surface area (Å²) in [6.07, 6.45) is -2.19. The maximum Gasteiger partial charge on any atom is 0.407 e. The van der Waals surface area contributed by atoms with Gasteiger partial charge in [0, 0.05) is 17.2 Å². The second-order valence-electron chi connectivity index (χ2n) is 6.97. The quantitative estimate of drug-likeness (QED) is 0.368. The summed E-state index contributed by atoms with van der Waals surface area (Å²) < 4.78 is 17.3. The zero-order valence-corrected chi connectivity index (χ0v) is 18.3. The highest BCUT2D eigenvalue weighted by Crippen LogP contribution is 2.08. The van der Waals surface area contributed by atoms with Crippen LogP contribution in [0, 0.1) is 0 Å². The van der Waals surface area contributed by atoms with Crippen LogP contribution in [0.25, 0.3) is 0 Å². The number of benzene rings is 2. The average molecular weight is 462 g/mol. The van der Waals surface area contributed by atoms with Crippen LogP contribution in [0.4, 0.5) is 4.79 Å². The molecule has 32 heavy (non-hydrogen) atoms. The van der Waals surface area contributed by atoms with Crippen LogP contribution in [0.3, 0.4) is 0 Å². The first-order valence-corrected chi connectivity index (χ1v) is 11.3. The Morgan fingerprint density at radius 3 is 2.28 bits per heavy atom. The van der Waals surface area contributed by atoms with Gasteiger partial charge in [0.1, 0.15) is 12.6 Å². The van der Waals surface area contributed by atoms with Crippen molar-refractivity contribution in [2.75, 3.05) is 12.3 Å². The van der Waals surface area contributed by atoms with Crippen molar-refractivity contribution in [3.63, 3.8) is 0 Å². The van der Waals surface area contributed by atoms with Crippen LogP contribution in [0.15, 0.2) is 65.6 Å². The van der Waals surface area contributed by atoms with Gasteiger partial charge in [-0.1, -0.05) is 48.5 Å². The lowest BCUT2D eigenvalue weighted by Gasteiger charge is -2.17. The van der Waals surface area contributed by atoms with Gasteiger partial charge in [-0.3, -0.25) is 13.8 Å². The second kappa shape index (κ2) is 13.2. The van der Waals surface area contributed by atoms with E-state index in [9.17, 15) is 23.7 Å². The zero-order chi connectivity index (χ0) is 23.3. The number of amides is 3. The largest absolute Gasteiger partial charge is 0.445 e. The molecule has 0 saturated carbocycles. The summed E-state index contributed by atoms with van der Waals surface area (Å²) in [4.78, 5) is 36.1. The van der Waals surface area contributed by atoms with E-state index in [1.807, 2.05) is 18.2 Å². The van der Waals surface area contributed by atoms with Crippen molar-refractivity contribution in [2.24, 2.45) is 5.73 Å². The van der Waals surface area contributed by atoms with E-state index in [1.54, 1.807) is 42.5 Å². The van der Waals surface area contributed by atoms with Crippen LogP contribution in [0.2, 0.25) is 0 Å². The molecule has 9 nitrogen and oxygen atoms in total. The second-order valence-corrected chi connectivity index (χ2v) is 8.55. The Morgan fingerprint density at radius 2 is 1.66 bits per heavy atom. The highest BCUT2D eigenvalue weighted by molar-refractivity contribution is 7.85. The summed E-state index contributed by atoms with van der Waals surface area (Å²) in [7, 11) is -1.34. The minimum absolute atomic E-state index is 0.0773. The molecule has 0 saturated heterocycles. The molecule has 0 bridgehead atoms. The molecule has 0 heterocycles. The summed E-state index contributed by atoms with van der Waals surface area (Å²) in [5.74, 6) is -1.25. The Hall–Kier alpha value is -3.24. The lowest BCUT2D eigenvalue weighted by molar-refractivity contribution is -0.128. The van der Waals surface area contributed by atoms with Gasteiger partial charge in [0.25, 0.3) is 0 Å². The minimum atomic E-state index is -1.34. The van der Waals surface area contributed by atoms with Crippen LogP contribution in [-0.4, -0.2) is 51.7 Å². The molecule has 0 radical (unpaired) electrons. The van der Waals surface area contributed by atoms with Crippen LogP contribution >= 0.6 is 0 Å². The third-order valence-electron chi connectivity index (χ3n) is 4.39. The molecule has 0 unspecified atom stereocenters. The van der Waals surface area contributed by atoms with Crippen molar-refractivity contribution in [1.29, 1.82) is 0 Å². The van der Waals surface area contributed by atoms with Gasteiger partial charge >= 0.3 is 6.09 Å². The topological polar surface area (TPSA) is 148 Å². The molecule has 0 aliphatic heterocycles. The number of aliphatic hydroxyl groups excluding tert-OH is 1. The predicted molar refractivity (Wildman–Crippen MR) is 119 cm³/mol. The van der Waals surface area contributed by atoms with E-state index in [2.05, 4.69) is 10.6 Å². The number of primary amides is 1. The average Bonchev–Trinajstić information content (AvgIpc) is 2.79. The van der Waals surface area contributed by atoms with Gasteiger partial charge in [-0.15, -0.1) is 0 Å². The van der Waals surface area contributed by atoms with Crippen LogP contribution in [0.5, 0.6) is 0 Å². The molecule has 0 fully saturated rings. The standard InChI is InChI=1S/C22H27N3O6S/c23-21(28)19(11-12-32(30)18-9-5-2-6-10-18)25-20(27)13-17(26)14-24-22(29)31-15-16-7-3-1-4-8-16/h1-10,17,19,26H,11-15H2,(H2,23,28)(H,24,29)(H,25,27)/t17-,19+,32-/m1/s1. The number of rotatable bonds is 12. The number of ether oxygens (including phenoxy) is 1. The lowest BCUT2D eigenvalue weighted by Crippen LogP contribution is -2.46. The van der Waals surface area contributed by atoms with Gasteiger partial charge in [0.15, 0.2) is 0 Å². The number of carbonyl (C=O) groups excluding carboxylic acids is 3. The van der Waals surface area contributed by atoms with E-state index in [-0.39, 0.29) is 31.7 Å². The highest BCUT2D eigenvalue weighted by atomic mass is 32.2. The Labute approximate surface area is 188 Å². The van der Waals surface area contributed by atoms with Crippen molar-refractivity contribution in [3.8, 4) is 0 Å². The van der Waals surface area contributed by atoms with E-state index >= 15 is 0 Å². The van der Waals surface area contributed by atoms with Gasteiger partial charge in [-0.05, 0) is 24.1 Å². The van der Waals surface area contributed by atoms with Crippen molar-refractivity contribution < 1.29 is 28.4 Å². The molecule has 172 valence electrons. The Morgan fingerprint density at radius 1 is 1.03 bits per heavy atom. The maximum absolute atomic E-state index is 12.3. The van der Waals surface area contributed by atoms with E-state index in [4.69, 9.17) is 10.5 Å². The summed E-state index contributed by atoms with van der Waals surface area (Å²) >= 11 is 0. The van der Waals surface area contributed by atoms with Crippen molar-refractivity contribution in [2.45, 2.75) is 36.5 Å². The summed E-state index contributed by atoms with van der Waals surface area (Å²) in [5, 5.41) is 14.8. The van der Waals surface area contributed by atoms with Gasteiger partial charge in [0.2, 0.25) is 11.8 Å². The van der Waals surface area contributed by atoms with Crippen LogP contribution < -0.4 is 16.4 Å². The highest BCUT2D eigenvalue weighted by Gasteiger charge is 2.21. The monoisotopic (exact) mass is 461 g/mol. The molecular weight excluding hydrogens is 434 g/mol. The third-order valence-corrected chi connectivity index (χ3v) is 5.80. The number of hydrogen-bond donors (Lipinski definition) is 4. The number of alkyl carbamates (subject to hydrolysis) is 1. The van der Waals surface area contributed by atoms with Crippen LogP contribution in [-0.2, 0) is 31.7 Å². The molecule has 3 amide bonds. The van der Waals surface area contributed by atoms with E-state index < -0.39 is 40.9 Å². The summed E-state index contributed by atoms with van der Waals surface area (Å²) in [5.41, 5.74) is 6.14. The van der Waals surface area contributed by atoms with Gasteiger partial charge in [0.05, 0.1) is 23.3 Å². The Kier molecular flexibility index (Phi) is 10.3. The molecule has 2 aromatic carbocycles. The lowest BCUT2D eigenvalue weighted by atomic mass is 10.2. The number of nitrogens with one attached hydrogen (secondary N) is 2. The molecule has 0 aliphatic carbocycles. The fraction of sp³-hybridized carbons (Fsp3) is 0.318. The first-order valence-electron chi connectivity index (χ1n) is 10.00. The van der Waals surface area contributed by atoms with E-state index in [1.165, 1.54) is 0 Å². The molecule has 0 aliphatic rings. The van der Waals surface area contributed by atoms with Gasteiger partial charge < -0.3 is 26.2 Å². The van der Waals surface area contributed by atoms with E-state index in [0.717, 1.165) is 5.56 Å². The fourth-order valence-corrected chi connectivity index (χ4v) is 3.86. The normalized spacial score (nSPS) is 13.4. The minimum Gasteiger partial charge on any atom is -0.445 e. The number of hydrogen-bond acceptors (Lipinski definition) is 6. The van der Waals surface area contributed by atoms with Crippen LogP contribution in [0.1, 0.15) is 18.4 Å². The molecule has 10 heteroatoms. The predicted octanol–water partition coefficient (Wildman–Crippen LogP) is 0.832. The molecule has 0 aromatic heterocycles. The molecule has 2 rings (SSSR count). The first kappa shape index (κ1) is 25.0. The molecular formula is C22H27N3O6S. The number of carbonyl (C=O) groups is 3. The van der Waals surface area contributed by atoms with Crippen molar-refractivity contribution >= 4 is 28.7 Å². The van der Waals surface area contributed by atoms with Gasteiger partial charge in [-0.2, -0.15) is 0 Å². The molecule has 0 spiro atoms. The smallest absolute Gasteiger partial charge is 0.407 e. The molecule has 3 atom stereocenters. The third kappa shape index (κ3) is 9.27. The Balaban J connectivity index is 1.70. The molecule has 2 aromatic rings. The SMILES string of the molecule is NC(=O)[C@H](CC[S@@](=O)c1ccccc1)NC(=O)C[C@@H](O)CNC(=O)OCc1ccccc1. The van der Waals surface area contributed by atoms with E-state index in [0.29, 0.717) is 4.90 Å². The van der Waals surface area contributed by atoms with Crippen molar-refractivity contribution in [3.05, 3.63) is 66.2 Å². The van der Waals surface area contributed by atoms with Crippen molar-refractivity contribution in [1.82, 2.24) is 10.6 Å². The molecule has 5 N–H and O–H groups in total. The number of nitrogens with two attached hydrogens (primary N) is 1. The van der Waals surface area contributed by atoms with Gasteiger partial charge in [-0.25, -0.2) is 4.79 Å². The fourth-order valence-electron chi connectivity index (χ4n) is 2.72. The summed E-state index contributed by atoms with van der Waals surface area (Å²) in [6, 6.07) is 16.8.